The van der Waals surface area contributed by atoms with Crippen molar-refractivity contribution in [3.63, 3.8) is 0 Å². The number of para-hydroxylation sites is 1. The monoisotopic (exact) mass is 318 g/mol. The highest BCUT2D eigenvalue weighted by Gasteiger charge is 2.14. The number of alkyl halides is 1. The third kappa shape index (κ3) is 2.66. The van der Waals surface area contributed by atoms with E-state index in [9.17, 15) is 0 Å². The molecule has 4 heteroatoms. The Kier molecular flexibility index (Phi) is 3.92. The highest BCUT2D eigenvalue weighted by atomic mass is 35.5. The molecule has 0 bridgehead atoms. The van der Waals surface area contributed by atoms with E-state index in [0.29, 0.717) is 17.3 Å². The van der Waals surface area contributed by atoms with Gasteiger partial charge in [-0.15, -0.1) is 11.6 Å². The van der Waals surface area contributed by atoms with Crippen molar-refractivity contribution in [1.29, 1.82) is 0 Å². The molecular weight excluding hydrogens is 303 g/mol. The average molecular weight is 319 g/mol. The fraction of sp³-hybridized carbons (Fsp3) is 0.235. The van der Waals surface area contributed by atoms with Crippen LogP contribution in [0.25, 0.3) is 16.7 Å². The Hall–Kier alpha value is -1.51. The van der Waals surface area contributed by atoms with E-state index in [0.717, 1.165) is 22.5 Å². The zero-order valence-electron chi connectivity index (χ0n) is 12.0. The standard InChI is InChI=1S/C17H16Cl2N2/c1-11-8-12(2)10-13(9-11)21-15-5-3-4-14(19)17(15)20-16(21)6-7-18/h3-5,8-10H,6-7H2,1-2H3. The molecule has 0 N–H and O–H groups in total. The van der Waals surface area contributed by atoms with E-state index in [1.165, 1.54) is 11.1 Å². The van der Waals surface area contributed by atoms with Gasteiger partial charge in [-0.2, -0.15) is 0 Å². The van der Waals surface area contributed by atoms with Crippen LogP contribution >= 0.6 is 23.2 Å². The van der Waals surface area contributed by atoms with Crippen molar-refractivity contribution < 1.29 is 0 Å². The molecule has 0 aliphatic carbocycles. The van der Waals surface area contributed by atoms with E-state index in [1.807, 2.05) is 18.2 Å². The lowest BCUT2D eigenvalue weighted by Gasteiger charge is -2.11. The van der Waals surface area contributed by atoms with Crippen LogP contribution in [-0.4, -0.2) is 15.4 Å². The van der Waals surface area contributed by atoms with E-state index in [1.54, 1.807) is 0 Å². The Labute approximate surface area is 134 Å². The van der Waals surface area contributed by atoms with E-state index >= 15 is 0 Å². The Bertz CT molecular complexity index is 786. The van der Waals surface area contributed by atoms with Crippen LogP contribution < -0.4 is 0 Å². The topological polar surface area (TPSA) is 17.8 Å². The summed E-state index contributed by atoms with van der Waals surface area (Å²) in [5.74, 6) is 1.48. The summed E-state index contributed by atoms with van der Waals surface area (Å²) in [6.07, 6.45) is 0.708. The first-order chi connectivity index (χ1) is 10.1. The first kappa shape index (κ1) is 14.4. The van der Waals surface area contributed by atoms with Crippen LogP contribution in [0.15, 0.2) is 36.4 Å². The quantitative estimate of drug-likeness (QED) is 0.616. The molecule has 0 aliphatic heterocycles. The lowest BCUT2D eigenvalue weighted by Crippen LogP contribution is -2.03. The predicted molar refractivity (Wildman–Crippen MR) is 90.0 cm³/mol. The maximum atomic E-state index is 6.28. The summed E-state index contributed by atoms with van der Waals surface area (Å²) in [6, 6.07) is 12.4. The van der Waals surface area contributed by atoms with Gasteiger partial charge >= 0.3 is 0 Å². The highest BCUT2D eigenvalue weighted by molar-refractivity contribution is 6.35. The summed E-state index contributed by atoms with van der Waals surface area (Å²) in [6.45, 7) is 4.20. The van der Waals surface area contributed by atoms with E-state index in [2.05, 4.69) is 41.6 Å². The number of aromatic nitrogens is 2. The first-order valence-electron chi connectivity index (χ1n) is 6.90. The number of nitrogens with zero attached hydrogens (tertiary/aromatic N) is 2. The second-order valence-electron chi connectivity index (χ2n) is 5.26. The zero-order valence-corrected chi connectivity index (χ0v) is 13.5. The lowest BCUT2D eigenvalue weighted by atomic mass is 10.1. The fourth-order valence-electron chi connectivity index (χ4n) is 2.73. The van der Waals surface area contributed by atoms with Gasteiger partial charge in [0.2, 0.25) is 0 Å². The largest absolute Gasteiger partial charge is 0.296 e. The molecule has 0 spiro atoms. The normalized spacial score (nSPS) is 11.2. The van der Waals surface area contributed by atoms with Gasteiger partial charge in [-0.25, -0.2) is 4.98 Å². The molecule has 108 valence electrons. The minimum Gasteiger partial charge on any atom is -0.296 e. The number of fused-ring (bicyclic) bond motifs is 1. The number of aryl methyl sites for hydroxylation is 3. The third-order valence-corrected chi connectivity index (χ3v) is 3.98. The molecule has 0 fully saturated rings. The van der Waals surface area contributed by atoms with Gasteiger partial charge in [0.1, 0.15) is 11.3 Å². The van der Waals surface area contributed by atoms with E-state index in [4.69, 9.17) is 23.2 Å². The Morgan fingerprint density at radius 2 is 1.81 bits per heavy atom. The molecule has 21 heavy (non-hydrogen) atoms. The van der Waals surface area contributed by atoms with Crippen molar-refractivity contribution in [1.82, 2.24) is 9.55 Å². The number of halogens is 2. The minimum atomic E-state index is 0.533. The van der Waals surface area contributed by atoms with Crippen molar-refractivity contribution in [2.24, 2.45) is 0 Å². The molecule has 0 saturated heterocycles. The Morgan fingerprint density at radius 3 is 2.48 bits per heavy atom. The van der Waals surface area contributed by atoms with E-state index < -0.39 is 0 Å². The van der Waals surface area contributed by atoms with Gasteiger partial charge in [-0.05, 0) is 49.2 Å². The second kappa shape index (κ2) is 5.70. The molecule has 0 aliphatic rings. The summed E-state index contributed by atoms with van der Waals surface area (Å²) in [5.41, 5.74) is 5.42. The van der Waals surface area contributed by atoms with Crippen LogP contribution in [0, 0.1) is 13.8 Å². The van der Waals surface area contributed by atoms with Crippen molar-refractivity contribution in [2.75, 3.05) is 5.88 Å². The molecule has 0 unspecified atom stereocenters. The van der Waals surface area contributed by atoms with Gasteiger partial charge in [0.15, 0.2) is 0 Å². The van der Waals surface area contributed by atoms with Crippen molar-refractivity contribution in [2.45, 2.75) is 20.3 Å². The van der Waals surface area contributed by atoms with Gasteiger partial charge in [0.25, 0.3) is 0 Å². The average Bonchev–Trinajstić information content (AvgIpc) is 2.78. The second-order valence-corrected chi connectivity index (χ2v) is 6.04. The minimum absolute atomic E-state index is 0.533. The van der Waals surface area contributed by atoms with Gasteiger partial charge in [0, 0.05) is 18.0 Å². The number of hydrogen-bond donors (Lipinski definition) is 0. The molecule has 1 aromatic heterocycles. The Balaban J connectivity index is 2.33. The highest BCUT2D eigenvalue weighted by Crippen LogP contribution is 2.28. The molecular formula is C17H16Cl2N2. The Morgan fingerprint density at radius 1 is 1.10 bits per heavy atom. The van der Waals surface area contributed by atoms with Crippen LogP contribution in [0.1, 0.15) is 17.0 Å². The molecule has 0 saturated carbocycles. The molecule has 0 radical (unpaired) electrons. The predicted octanol–water partition coefficient (Wildman–Crippen LogP) is 5.08. The maximum absolute atomic E-state index is 6.28. The fourth-order valence-corrected chi connectivity index (χ4v) is 3.11. The molecule has 0 atom stereocenters. The molecule has 2 aromatic carbocycles. The summed E-state index contributed by atoms with van der Waals surface area (Å²) < 4.78 is 2.16. The van der Waals surface area contributed by atoms with Crippen LogP contribution in [-0.2, 0) is 6.42 Å². The zero-order chi connectivity index (χ0) is 15.0. The molecule has 3 aromatic rings. The number of imidazole rings is 1. The van der Waals surface area contributed by atoms with Crippen LogP contribution in [0.2, 0.25) is 5.02 Å². The van der Waals surface area contributed by atoms with Gasteiger partial charge in [-0.3, -0.25) is 4.57 Å². The number of rotatable bonds is 3. The first-order valence-corrected chi connectivity index (χ1v) is 7.82. The summed E-state index contributed by atoms with van der Waals surface area (Å²) in [5, 5.41) is 0.673. The summed E-state index contributed by atoms with van der Waals surface area (Å²) in [4.78, 5) is 4.68. The number of hydrogen-bond acceptors (Lipinski definition) is 1. The van der Waals surface area contributed by atoms with Gasteiger partial charge in [-0.1, -0.05) is 23.7 Å². The van der Waals surface area contributed by atoms with E-state index in [-0.39, 0.29) is 0 Å². The number of benzene rings is 2. The van der Waals surface area contributed by atoms with Crippen molar-refractivity contribution in [3.8, 4) is 5.69 Å². The SMILES string of the molecule is Cc1cc(C)cc(-n2c(CCCl)nc3c(Cl)cccc32)c1. The lowest BCUT2D eigenvalue weighted by molar-refractivity contribution is 0.910. The van der Waals surface area contributed by atoms with Gasteiger partial charge < -0.3 is 0 Å². The summed E-state index contributed by atoms with van der Waals surface area (Å²) >= 11 is 12.2. The molecule has 3 rings (SSSR count). The maximum Gasteiger partial charge on any atom is 0.115 e. The third-order valence-electron chi connectivity index (χ3n) is 3.49. The summed E-state index contributed by atoms with van der Waals surface area (Å²) in [7, 11) is 0. The van der Waals surface area contributed by atoms with Gasteiger partial charge in [0.05, 0.1) is 10.5 Å². The van der Waals surface area contributed by atoms with Crippen LogP contribution in [0.5, 0.6) is 0 Å². The van der Waals surface area contributed by atoms with Crippen LogP contribution in [0.3, 0.4) is 0 Å². The molecule has 0 amide bonds. The van der Waals surface area contributed by atoms with Crippen molar-refractivity contribution >= 4 is 34.2 Å². The van der Waals surface area contributed by atoms with Crippen molar-refractivity contribution in [3.05, 3.63) is 58.4 Å². The molecule has 1 heterocycles. The van der Waals surface area contributed by atoms with Crippen LogP contribution in [0.4, 0.5) is 0 Å². The molecule has 2 nitrogen and oxygen atoms in total. The smallest absolute Gasteiger partial charge is 0.115 e.